The van der Waals surface area contributed by atoms with E-state index in [-0.39, 0.29) is 5.91 Å². The van der Waals surface area contributed by atoms with Crippen LogP contribution in [0, 0.1) is 6.92 Å². The van der Waals surface area contributed by atoms with E-state index in [1.807, 2.05) is 47.5 Å². The second kappa shape index (κ2) is 8.26. The van der Waals surface area contributed by atoms with Gasteiger partial charge in [-0.2, -0.15) is 0 Å². The third-order valence-electron chi connectivity index (χ3n) is 5.15. The number of benzene rings is 1. The van der Waals surface area contributed by atoms with Crippen molar-refractivity contribution < 1.29 is 4.79 Å². The quantitative estimate of drug-likeness (QED) is 0.667. The first kappa shape index (κ1) is 18.2. The van der Waals surface area contributed by atoms with E-state index in [1.165, 1.54) is 16.6 Å². The average Bonchev–Trinajstić information content (AvgIpc) is 3.25. The van der Waals surface area contributed by atoms with E-state index in [4.69, 9.17) is 0 Å². The molecule has 4 rings (SSSR count). The van der Waals surface area contributed by atoms with Crippen molar-refractivity contribution in [2.45, 2.75) is 19.5 Å². The van der Waals surface area contributed by atoms with Gasteiger partial charge in [0.05, 0.1) is 5.69 Å². The van der Waals surface area contributed by atoms with Crippen LogP contribution in [0.1, 0.15) is 22.9 Å². The number of hydrogen-bond acceptors (Lipinski definition) is 6. The van der Waals surface area contributed by atoms with Crippen molar-refractivity contribution in [2.75, 3.05) is 26.2 Å². The molecule has 0 spiro atoms. The highest BCUT2D eigenvalue weighted by atomic mass is 16.2. The van der Waals surface area contributed by atoms with E-state index in [2.05, 4.69) is 38.4 Å². The minimum atomic E-state index is -0.541. The number of aryl methyl sites for hydroxylation is 1. The second-order valence-corrected chi connectivity index (χ2v) is 6.97. The van der Waals surface area contributed by atoms with Gasteiger partial charge in [0.25, 0.3) is 5.91 Å². The van der Waals surface area contributed by atoms with Crippen LogP contribution < -0.4 is 0 Å². The van der Waals surface area contributed by atoms with Gasteiger partial charge in [0, 0.05) is 38.9 Å². The SMILES string of the molecule is Cc1cccnc1CN1CCN(C(=O)[C@@H](c2ccccc2)n2cnnn2)CC1. The highest BCUT2D eigenvalue weighted by Gasteiger charge is 2.30. The van der Waals surface area contributed by atoms with Crippen molar-refractivity contribution in [1.29, 1.82) is 0 Å². The number of pyridine rings is 1. The van der Waals surface area contributed by atoms with E-state index in [1.54, 1.807) is 0 Å². The predicted octanol–water partition coefficient (Wildman–Crippen LogP) is 1.31. The van der Waals surface area contributed by atoms with Gasteiger partial charge in [-0.25, -0.2) is 4.68 Å². The minimum absolute atomic E-state index is 0.0205. The highest BCUT2D eigenvalue weighted by Crippen LogP contribution is 2.21. The molecule has 0 N–H and O–H groups in total. The summed E-state index contributed by atoms with van der Waals surface area (Å²) in [5, 5.41) is 11.4. The Morgan fingerprint density at radius 1 is 1.07 bits per heavy atom. The van der Waals surface area contributed by atoms with Gasteiger partial charge in [-0.1, -0.05) is 36.4 Å². The van der Waals surface area contributed by atoms with Gasteiger partial charge in [-0.15, -0.1) is 5.10 Å². The molecule has 1 amide bonds. The van der Waals surface area contributed by atoms with Crippen LogP contribution in [0.15, 0.2) is 55.0 Å². The number of carbonyl (C=O) groups excluding carboxylic acids is 1. The zero-order valence-electron chi connectivity index (χ0n) is 15.8. The molecule has 1 aromatic carbocycles. The van der Waals surface area contributed by atoms with Crippen molar-refractivity contribution in [3.05, 3.63) is 71.8 Å². The van der Waals surface area contributed by atoms with Crippen LogP contribution in [0.4, 0.5) is 0 Å². The molecule has 8 nitrogen and oxygen atoms in total. The van der Waals surface area contributed by atoms with E-state index >= 15 is 0 Å². The fraction of sp³-hybridized carbons (Fsp3) is 0.350. The van der Waals surface area contributed by atoms with Gasteiger partial charge in [0.1, 0.15) is 6.33 Å². The second-order valence-electron chi connectivity index (χ2n) is 6.97. The molecule has 28 heavy (non-hydrogen) atoms. The largest absolute Gasteiger partial charge is 0.338 e. The normalized spacial score (nSPS) is 16.1. The lowest BCUT2D eigenvalue weighted by molar-refractivity contribution is -0.135. The van der Waals surface area contributed by atoms with Crippen LogP contribution in [-0.2, 0) is 11.3 Å². The molecule has 1 atom stereocenters. The fourth-order valence-corrected chi connectivity index (χ4v) is 3.53. The van der Waals surface area contributed by atoms with Crippen LogP contribution in [0.25, 0.3) is 0 Å². The maximum atomic E-state index is 13.3. The Morgan fingerprint density at radius 3 is 2.54 bits per heavy atom. The molecule has 2 aromatic heterocycles. The van der Waals surface area contributed by atoms with Crippen molar-refractivity contribution in [2.24, 2.45) is 0 Å². The van der Waals surface area contributed by atoms with E-state index < -0.39 is 6.04 Å². The van der Waals surface area contributed by atoms with Gasteiger partial charge in [-0.3, -0.25) is 14.7 Å². The number of tetrazole rings is 1. The Bertz CT molecular complexity index is 905. The zero-order chi connectivity index (χ0) is 19.3. The molecule has 3 aromatic rings. The lowest BCUT2D eigenvalue weighted by Crippen LogP contribution is -2.50. The molecular weight excluding hydrogens is 354 g/mol. The van der Waals surface area contributed by atoms with Gasteiger partial charge in [0.15, 0.2) is 6.04 Å². The summed E-state index contributed by atoms with van der Waals surface area (Å²) in [5.41, 5.74) is 3.17. The first-order valence-corrected chi connectivity index (χ1v) is 9.41. The van der Waals surface area contributed by atoms with Crippen LogP contribution in [0.5, 0.6) is 0 Å². The van der Waals surface area contributed by atoms with Crippen LogP contribution in [-0.4, -0.2) is 67.1 Å². The number of hydrogen-bond donors (Lipinski definition) is 0. The average molecular weight is 377 g/mol. The Hall–Kier alpha value is -3.13. The molecule has 144 valence electrons. The monoisotopic (exact) mass is 377 g/mol. The molecule has 0 bridgehead atoms. The third kappa shape index (κ3) is 3.91. The minimum Gasteiger partial charge on any atom is -0.338 e. The summed E-state index contributed by atoms with van der Waals surface area (Å²) in [4.78, 5) is 22.0. The standard InChI is InChI=1S/C20H23N7O/c1-16-6-5-9-21-18(16)14-25-10-12-26(13-11-25)20(28)19(27-15-22-23-24-27)17-7-3-2-4-8-17/h2-9,15,19H,10-14H2,1H3/t19-/m1/s1. The summed E-state index contributed by atoms with van der Waals surface area (Å²) in [6.45, 7) is 5.88. The Morgan fingerprint density at radius 2 is 1.86 bits per heavy atom. The molecule has 1 fully saturated rings. The van der Waals surface area contributed by atoms with Crippen LogP contribution in [0.3, 0.4) is 0 Å². The first-order valence-electron chi connectivity index (χ1n) is 9.41. The molecule has 0 radical (unpaired) electrons. The first-order chi connectivity index (χ1) is 13.7. The van der Waals surface area contributed by atoms with Crippen molar-refractivity contribution in [3.8, 4) is 0 Å². The zero-order valence-corrected chi connectivity index (χ0v) is 15.8. The number of carbonyl (C=O) groups is 1. The van der Waals surface area contributed by atoms with Crippen LogP contribution in [0.2, 0.25) is 0 Å². The lowest BCUT2D eigenvalue weighted by atomic mass is 10.1. The molecule has 8 heteroatoms. The van der Waals surface area contributed by atoms with Crippen molar-refractivity contribution in [3.63, 3.8) is 0 Å². The smallest absolute Gasteiger partial charge is 0.252 e. The maximum Gasteiger partial charge on any atom is 0.252 e. The molecular formula is C20H23N7O. The van der Waals surface area contributed by atoms with Gasteiger partial charge in [0.2, 0.25) is 0 Å². The van der Waals surface area contributed by atoms with Crippen molar-refractivity contribution >= 4 is 5.91 Å². The van der Waals surface area contributed by atoms with E-state index in [9.17, 15) is 4.79 Å². The van der Waals surface area contributed by atoms with Crippen molar-refractivity contribution in [1.82, 2.24) is 35.0 Å². The molecule has 1 aliphatic rings. The number of amides is 1. The highest BCUT2D eigenvalue weighted by molar-refractivity contribution is 5.83. The van der Waals surface area contributed by atoms with Gasteiger partial charge in [-0.05, 0) is 34.5 Å². The van der Waals surface area contributed by atoms with Gasteiger partial charge >= 0.3 is 0 Å². The molecule has 0 unspecified atom stereocenters. The Labute approximate surface area is 163 Å². The van der Waals surface area contributed by atoms with Gasteiger partial charge < -0.3 is 4.90 Å². The van der Waals surface area contributed by atoms with E-state index in [0.717, 1.165) is 30.9 Å². The van der Waals surface area contributed by atoms with Crippen LogP contribution >= 0.6 is 0 Å². The summed E-state index contributed by atoms with van der Waals surface area (Å²) < 4.78 is 1.53. The number of nitrogens with zero attached hydrogens (tertiary/aromatic N) is 7. The summed E-state index contributed by atoms with van der Waals surface area (Å²) in [5.74, 6) is 0.0205. The molecule has 1 aliphatic heterocycles. The number of aromatic nitrogens is 5. The molecule has 3 heterocycles. The summed E-state index contributed by atoms with van der Waals surface area (Å²) >= 11 is 0. The Kier molecular flexibility index (Phi) is 5.38. The summed E-state index contributed by atoms with van der Waals surface area (Å²) in [6.07, 6.45) is 3.33. The lowest BCUT2D eigenvalue weighted by Gasteiger charge is -2.36. The van der Waals surface area contributed by atoms with E-state index in [0.29, 0.717) is 13.1 Å². The third-order valence-corrected chi connectivity index (χ3v) is 5.15. The summed E-state index contributed by atoms with van der Waals surface area (Å²) in [6, 6.07) is 13.1. The maximum absolute atomic E-state index is 13.3. The molecule has 0 saturated carbocycles. The topological polar surface area (TPSA) is 80.0 Å². The predicted molar refractivity (Wildman–Crippen MR) is 103 cm³/mol. The molecule has 1 saturated heterocycles. The number of rotatable bonds is 5. The Balaban J connectivity index is 1.44. The molecule has 0 aliphatic carbocycles. The number of piperazine rings is 1. The summed E-state index contributed by atoms with van der Waals surface area (Å²) in [7, 11) is 0. The fourth-order valence-electron chi connectivity index (χ4n) is 3.53.